The maximum absolute atomic E-state index is 12.0. The van der Waals surface area contributed by atoms with Crippen molar-refractivity contribution in [3.05, 3.63) is 22.5 Å². The van der Waals surface area contributed by atoms with Crippen molar-refractivity contribution >= 4 is 35.6 Å². The lowest BCUT2D eigenvalue weighted by Gasteiger charge is -2.15. The van der Waals surface area contributed by atoms with Crippen molar-refractivity contribution in [3.8, 4) is 0 Å². The first-order valence-corrected chi connectivity index (χ1v) is 10.3. The van der Waals surface area contributed by atoms with Crippen molar-refractivity contribution in [1.82, 2.24) is 20.4 Å². The number of rotatable bonds is 7. The van der Waals surface area contributed by atoms with E-state index in [4.69, 9.17) is 16.3 Å². The summed E-state index contributed by atoms with van der Waals surface area (Å²) in [6, 6.07) is -0.478. The van der Waals surface area contributed by atoms with Crippen LogP contribution in [0.5, 0.6) is 0 Å². The van der Waals surface area contributed by atoms with Crippen LogP contribution in [0.2, 0.25) is 5.15 Å². The number of amides is 3. The summed E-state index contributed by atoms with van der Waals surface area (Å²) < 4.78 is 6.75. The molecule has 3 amide bonds. The van der Waals surface area contributed by atoms with Crippen LogP contribution in [0.3, 0.4) is 0 Å². The van der Waals surface area contributed by atoms with Gasteiger partial charge in [-0.2, -0.15) is 5.10 Å². The molecule has 2 N–H and O–H groups in total. The smallest absolute Gasteiger partial charge is 0.331 e. The summed E-state index contributed by atoms with van der Waals surface area (Å²) in [5.41, 5.74) is 1.31. The van der Waals surface area contributed by atoms with Gasteiger partial charge in [-0.1, -0.05) is 38.3 Å². The summed E-state index contributed by atoms with van der Waals surface area (Å²) in [4.78, 5) is 35.9. The van der Waals surface area contributed by atoms with Crippen LogP contribution in [0.1, 0.15) is 57.7 Å². The molecule has 1 aliphatic carbocycles. The van der Waals surface area contributed by atoms with Crippen molar-refractivity contribution in [1.29, 1.82) is 0 Å². The molecule has 2 rings (SSSR count). The van der Waals surface area contributed by atoms with Gasteiger partial charge in [0.1, 0.15) is 5.15 Å². The molecule has 1 aromatic heterocycles. The molecular formula is C20H29ClN4O4. The van der Waals surface area contributed by atoms with E-state index in [-0.39, 0.29) is 6.04 Å². The quantitative estimate of drug-likeness (QED) is 0.516. The summed E-state index contributed by atoms with van der Waals surface area (Å²) in [6.45, 7) is 7.98. The second-order valence-electron chi connectivity index (χ2n) is 7.72. The number of ether oxygens (including phenoxy) is 1. The lowest BCUT2D eigenvalue weighted by atomic mass is 10.2. The summed E-state index contributed by atoms with van der Waals surface area (Å²) in [5, 5.41) is 9.75. The van der Waals surface area contributed by atoms with Crippen LogP contribution in [0.4, 0.5) is 4.79 Å². The van der Waals surface area contributed by atoms with Gasteiger partial charge >= 0.3 is 12.0 Å². The van der Waals surface area contributed by atoms with Crippen LogP contribution < -0.4 is 10.6 Å². The second-order valence-corrected chi connectivity index (χ2v) is 8.08. The van der Waals surface area contributed by atoms with Crippen molar-refractivity contribution in [2.45, 2.75) is 72.1 Å². The molecule has 1 atom stereocenters. The lowest BCUT2D eigenvalue weighted by molar-refractivity contribution is -0.149. The number of hydrogen-bond donors (Lipinski definition) is 2. The first-order chi connectivity index (χ1) is 13.7. The number of aromatic nitrogens is 2. The Morgan fingerprint density at radius 1 is 1.28 bits per heavy atom. The molecule has 9 heteroatoms. The predicted octanol–water partition coefficient (Wildman–Crippen LogP) is 3.21. The third-order valence-electron chi connectivity index (χ3n) is 4.62. The topological polar surface area (TPSA) is 102 Å². The van der Waals surface area contributed by atoms with E-state index in [2.05, 4.69) is 29.6 Å². The molecule has 1 saturated carbocycles. The summed E-state index contributed by atoms with van der Waals surface area (Å²) in [7, 11) is 0. The van der Waals surface area contributed by atoms with E-state index in [9.17, 15) is 14.4 Å². The standard InChI is InChI=1S/C20H29ClN4O4/c1-12(2)11-25-18(21)16(13(3)24-25)9-10-17(26)29-14(4)19(27)23-20(28)22-15-7-5-6-8-15/h9-10,12,14-15H,5-8,11H2,1-4H3,(H2,22,23,27,28)/b10-9+/t14-/m0/s1. The average Bonchev–Trinajstić information content (AvgIpc) is 3.21. The summed E-state index contributed by atoms with van der Waals surface area (Å²) in [6.07, 6.45) is 5.55. The molecule has 0 aliphatic heterocycles. The fourth-order valence-corrected chi connectivity index (χ4v) is 3.45. The van der Waals surface area contributed by atoms with E-state index in [1.54, 1.807) is 11.6 Å². The Balaban J connectivity index is 1.86. The minimum Gasteiger partial charge on any atom is -0.449 e. The number of aryl methyl sites for hydroxylation is 1. The van der Waals surface area contributed by atoms with Gasteiger partial charge in [0, 0.05) is 24.2 Å². The molecule has 160 valence electrons. The van der Waals surface area contributed by atoms with Crippen molar-refractivity contribution in [2.24, 2.45) is 5.92 Å². The summed E-state index contributed by atoms with van der Waals surface area (Å²) in [5.74, 6) is -1.02. The highest BCUT2D eigenvalue weighted by atomic mass is 35.5. The predicted molar refractivity (Wildman–Crippen MR) is 110 cm³/mol. The van der Waals surface area contributed by atoms with Gasteiger partial charge in [0.2, 0.25) is 0 Å². The van der Waals surface area contributed by atoms with E-state index in [1.807, 2.05) is 0 Å². The van der Waals surface area contributed by atoms with Gasteiger partial charge in [-0.3, -0.25) is 14.8 Å². The Morgan fingerprint density at radius 3 is 2.55 bits per heavy atom. The monoisotopic (exact) mass is 424 g/mol. The number of hydrogen-bond acceptors (Lipinski definition) is 5. The molecule has 8 nitrogen and oxygen atoms in total. The minimum absolute atomic E-state index is 0.0909. The minimum atomic E-state index is -1.11. The number of nitrogens with one attached hydrogen (secondary N) is 2. The van der Waals surface area contributed by atoms with Gasteiger partial charge in [-0.05, 0) is 38.7 Å². The van der Waals surface area contributed by atoms with E-state index in [0.29, 0.717) is 28.9 Å². The maximum atomic E-state index is 12.0. The van der Waals surface area contributed by atoms with Gasteiger partial charge in [0.25, 0.3) is 5.91 Å². The zero-order valence-corrected chi connectivity index (χ0v) is 18.1. The van der Waals surface area contributed by atoms with E-state index >= 15 is 0 Å². The second kappa shape index (κ2) is 10.4. The Bertz CT molecular complexity index is 782. The molecule has 0 saturated heterocycles. The first-order valence-electron chi connectivity index (χ1n) is 9.90. The van der Waals surface area contributed by atoms with Gasteiger partial charge in [0.05, 0.1) is 5.69 Å². The fraction of sp³-hybridized carbons (Fsp3) is 0.600. The molecule has 0 aromatic carbocycles. The molecule has 1 fully saturated rings. The SMILES string of the molecule is Cc1nn(CC(C)C)c(Cl)c1/C=C/C(=O)O[C@@H](C)C(=O)NC(=O)NC1CCCC1. The van der Waals surface area contributed by atoms with Crippen LogP contribution in [0.25, 0.3) is 6.08 Å². The average molecular weight is 425 g/mol. The zero-order chi connectivity index (χ0) is 21.6. The highest BCUT2D eigenvalue weighted by molar-refractivity contribution is 6.31. The van der Waals surface area contributed by atoms with Crippen LogP contribution in [-0.4, -0.2) is 39.8 Å². The van der Waals surface area contributed by atoms with Crippen LogP contribution in [-0.2, 0) is 20.9 Å². The van der Waals surface area contributed by atoms with Gasteiger partial charge in [-0.15, -0.1) is 0 Å². The molecule has 0 bridgehead atoms. The molecule has 0 unspecified atom stereocenters. The molecule has 1 heterocycles. The highest BCUT2D eigenvalue weighted by Gasteiger charge is 2.22. The number of carbonyl (C=O) groups is 3. The Hall–Kier alpha value is -2.35. The first kappa shape index (κ1) is 22.9. The van der Waals surface area contributed by atoms with E-state index in [0.717, 1.165) is 25.7 Å². The normalized spacial score (nSPS) is 15.7. The molecule has 0 radical (unpaired) electrons. The third kappa shape index (κ3) is 6.88. The van der Waals surface area contributed by atoms with Crippen molar-refractivity contribution in [3.63, 3.8) is 0 Å². The van der Waals surface area contributed by atoms with Gasteiger partial charge in [-0.25, -0.2) is 9.59 Å². The lowest BCUT2D eigenvalue weighted by Crippen LogP contribution is -2.47. The molecule has 1 aromatic rings. The summed E-state index contributed by atoms with van der Waals surface area (Å²) >= 11 is 6.33. The number of esters is 1. The fourth-order valence-electron chi connectivity index (χ4n) is 3.15. The van der Waals surface area contributed by atoms with Gasteiger partial charge in [0.15, 0.2) is 6.10 Å². The number of carbonyl (C=O) groups excluding carboxylic acids is 3. The van der Waals surface area contributed by atoms with Crippen LogP contribution in [0, 0.1) is 12.8 Å². The highest BCUT2D eigenvalue weighted by Crippen LogP contribution is 2.22. The number of imide groups is 1. The van der Waals surface area contributed by atoms with Crippen molar-refractivity contribution < 1.29 is 19.1 Å². The largest absolute Gasteiger partial charge is 0.449 e. The zero-order valence-electron chi connectivity index (χ0n) is 17.3. The van der Waals surface area contributed by atoms with Crippen LogP contribution >= 0.6 is 11.6 Å². The molecular weight excluding hydrogens is 396 g/mol. The third-order valence-corrected chi connectivity index (χ3v) is 5.02. The molecule has 0 spiro atoms. The number of nitrogens with zero attached hydrogens (tertiary/aromatic N) is 2. The Kier molecular flexibility index (Phi) is 8.25. The number of halogens is 1. The van der Waals surface area contributed by atoms with Gasteiger partial charge < -0.3 is 10.1 Å². The van der Waals surface area contributed by atoms with E-state index < -0.39 is 24.0 Å². The molecule has 29 heavy (non-hydrogen) atoms. The molecule has 1 aliphatic rings. The Morgan fingerprint density at radius 2 is 1.93 bits per heavy atom. The van der Waals surface area contributed by atoms with E-state index in [1.165, 1.54) is 19.1 Å². The number of urea groups is 1. The van der Waals surface area contributed by atoms with Crippen LogP contribution in [0.15, 0.2) is 6.08 Å². The Labute approximate surface area is 176 Å². The van der Waals surface area contributed by atoms with Crippen molar-refractivity contribution in [2.75, 3.05) is 0 Å². The maximum Gasteiger partial charge on any atom is 0.331 e.